The Morgan fingerprint density at radius 1 is 1.26 bits per heavy atom. The molecule has 3 heteroatoms. The Hall–Kier alpha value is -1.22. The Morgan fingerprint density at radius 2 is 2.11 bits per heavy atom. The number of nitrogens with one attached hydrogen (secondary N) is 1. The zero-order chi connectivity index (χ0) is 13.7. The summed E-state index contributed by atoms with van der Waals surface area (Å²) in [5.41, 5.74) is 1.19. The molecular formula is C16H25NO2. The molecule has 0 heterocycles. The quantitative estimate of drug-likeness (QED) is 0.855. The summed E-state index contributed by atoms with van der Waals surface area (Å²) in [6, 6.07) is 6.74. The molecular weight excluding hydrogens is 238 g/mol. The van der Waals surface area contributed by atoms with Gasteiger partial charge in [-0.2, -0.15) is 0 Å². The van der Waals surface area contributed by atoms with E-state index in [0.29, 0.717) is 6.04 Å². The van der Waals surface area contributed by atoms with E-state index in [1.54, 1.807) is 7.11 Å². The lowest BCUT2D eigenvalue weighted by Gasteiger charge is -2.19. The third-order valence-corrected chi connectivity index (χ3v) is 4.10. The van der Waals surface area contributed by atoms with E-state index in [1.807, 2.05) is 12.1 Å². The fourth-order valence-electron chi connectivity index (χ4n) is 2.98. The lowest BCUT2D eigenvalue weighted by molar-refractivity contribution is 0.252. The minimum absolute atomic E-state index is 0.670. The minimum atomic E-state index is 0.670. The molecule has 0 saturated heterocycles. The molecule has 1 fully saturated rings. The highest BCUT2D eigenvalue weighted by Gasteiger charge is 2.25. The molecule has 1 aliphatic rings. The maximum absolute atomic E-state index is 5.89. The standard InChI is InChI=1S/C16H25NO2/c1-12-7-8-15(16(11-12)18-3)19-10-9-13-5-4-6-14(13)17-2/h7-8,11,13-14,17H,4-6,9-10H2,1-3H3. The summed E-state index contributed by atoms with van der Waals surface area (Å²) in [6.07, 6.45) is 5.07. The molecule has 19 heavy (non-hydrogen) atoms. The average Bonchev–Trinajstić information content (AvgIpc) is 2.87. The van der Waals surface area contributed by atoms with Crippen LogP contribution in [-0.2, 0) is 0 Å². The van der Waals surface area contributed by atoms with Crippen molar-refractivity contribution in [1.82, 2.24) is 5.32 Å². The van der Waals surface area contributed by atoms with E-state index in [1.165, 1.54) is 24.8 Å². The maximum atomic E-state index is 5.89. The Labute approximate surface area is 116 Å². The van der Waals surface area contributed by atoms with Gasteiger partial charge in [-0.25, -0.2) is 0 Å². The van der Waals surface area contributed by atoms with Crippen molar-refractivity contribution in [3.63, 3.8) is 0 Å². The third kappa shape index (κ3) is 3.63. The number of benzene rings is 1. The zero-order valence-electron chi connectivity index (χ0n) is 12.2. The molecule has 0 bridgehead atoms. The monoisotopic (exact) mass is 263 g/mol. The van der Waals surface area contributed by atoms with Crippen LogP contribution < -0.4 is 14.8 Å². The first kappa shape index (κ1) is 14.2. The van der Waals surface area contributed by atoms with Gasteiger partial charge >= 0.3 is 0 Å². The van der Waals surface area contributed by atoms with Crippen LogP contribution in [0.3, 0.4) is 0 Å². The second-order valence-electron chi connectivity index (χ2n) is 5.38. The largest absolute Gasteiger partial charge is 0.493 e. The predicted molar refractivity (Wildman–Crippen MR) is 78.0 cm³/mol. The van der Waals surface area contributed by atoms with E-state index < -0.39 is 0 Å². The first-order chi connectivity index (χ1) is 9.24. The third-order valence-electron chi connectivity index (χ3n) is 4.10. The first-order valence-corrected chi connectivity index (χ1v) is 7.19. The number of aryl methyl sites for hydroxylation is 1. The molecule has 1 N–H and O–H groups in total. The summed E-state index contributed by atoms with van der Waals surface area (Å²) in [4.78, 5) is 0. The van der Waals surface area contributed by atoms with Gasteiger partial charge in [0.25, 0.3) is 0 Å². The smallest absolute Gasteiger partial charge is 0.161 e. The molecule has 1 aromatic rings. The van der Waals surface area contributed by atoms with E-state index in [4.69, 9.17) is 9.47 Å². The molecule has 0 aromatic heterocycles. The topological polar surface area (TPSA) is 30.5 Å². The minimum Gasteiger partial charge on any atom is -0.493 e. The van der Waals surface area contributed by atoms with Gasteiger partial charge in [0.2, 0.25) is 0 Å². The van der Waals surface area contributed by atoms with Gasteiger partial charge in [0.15, 0.2) is 11.5 Å². The molecule has 106 valence electrons. The predicted octanol–water partition coefficient (Wildman–Crippen LogP) is 3.16. The highest BCUT2D eigenvalue weighted by atomic mass is 16.5. The van der Waals surface area contributed by atoms with Crippen molar-refractivity contribution in [3.05, 3.63) is 23.8 Å². The van der Waals surface area contributed by atoms with Crippen LogP contribution in [0.4, 0.5) is 0 Å². The molecule has 0 spiro atoms. The molecule has 3 nitrogen and oxygen atoms in total. The summed E-state index contributed by atoms with van der Waals surface area (Å²) in [5.74, 6) is 2.44. The number of hydrogen-bond acceptors (Lipinski definition) is 3. The van der Waals surface area contributed by atoms with Crippen molar-refractivity contribution in [2.24, 2.45) is 5.92 Å². The fraction of sp³-hybridized carbons (Fsp3) is 0.625. The van der Waals surface area contributed by atoms with Gasteiger partial charge in [-0.3, -0.25) is 0 Å². The molecule has 1 saturated carbocycles. The van der Waals surface area contributed by atoms with Crippen LogP contribution in [0.2, 0.25) is 0 Å². The Balaban J connectivity index is 1.85. The Kier molecular flexibility index (Phi) is 5.08. The van der Waals surface area contributed by atoms with Gasteiger partial charge in [0.1, 0.15) is 0 Å². The summed E-state index contributed by atoms with van der Waals surface area (Å²) in [5, 5.41) is 3.41. The summed E-state index contributed by atoms with van der Waals surface area (Å²) >= 11 is 0. The lowest BCUT2D eigenvalue weighted by atomic mass is 10.0. The molecule has 2 atom stereocenters. The van der Waals surface area contributed by atoms with Crippen LogP contribution in [0.15, 0.2) is 18.2 Å². The van der Waals surface area contributed by atoms with Crippen LogP contribution in [0.1, 0.15) is 31.2 Å². The molecule has 2 unspecified atom stereocenters. The van der Waals surface area contributed by atoms with Crippen LogP contribution in [0, 0.1) is 12.8 Å². The van der Waals surface area contributed by atoms with Crippen molar-refractivity contribution in [3.8, 4) is 11.5 Å². The second kappa shape index (κ2) is 6.80. The highest BCUT2D eigenvalue weighted by molar-refractivity contribution is 5.42. The second-order valence-corrected chi connectivity index (χ2v) is 5.38. The van der Waals surface area contributed by atoms with Gasteiger partial charge in [0.05, 0.1) is 13.7 Å². The fourth-order valence-corrected chi connectivity index (χ4v) is 2.98. The van der Waals surface area contributed by atoms with Crippen molar-refractivity contribution in [2.45, 2.75) is 38.6 Å². The number of rotatable bonds is 6. The number of ether oxygens (including phenoxy) is 2. The molecule has 1 aromatic carbocycles. The van der Waals surface area contributed by atoms with Gasteiger partial charge in [0, 0.05) is 6.04 Å². The van der Waals surface area contributed by atoms with Crippen LogP contribution in [-0.4, -0.2) is 26.8 Å². The highest BCUT2D eigenvalue weighted by Crippen LogP contribution is 2.30. The Morgan fingerprint density at radius 3 is 2.84 bits per heavy atom. The van der Waals surface area contributed by atoms with Crippen molar-refractivity contribution < 1.29 is 9.47 Å². The SMILES string of the molecule is CNC1CCCC1CCOc1ccc(C)cc1OC. The summed E-state index contributed by atoms with van der Waals surface area (Å²) in [6.45, 7) is 2.82. The molecule has 0 amide bonds. The van der Waals surface area contributed by atoms with Crippen molar-refractivity contribution >= 4 is 0 Å². The summed E-state index contributed by atoms with van der Waals surface area (Å²) in [7, 11) is 3.75. The van der Waals surface area contributed by atoms with E-state index in [-0.39, 0.29) is 0 Å². The Bertz CT molecular complexity index is 406. The summed E-state index contributed by atoms with van der Waals surface area (Å²) < 4.78 is 11.2. The molecule has 0 aliphatic heterocycles. The molecule has 0 radical (unpaired) electrons. The number of hydrogen-bond donors (Lipinski definition) is 1. The lowest BCUT2D eigenvalue weighted by Crippen LogP contribution is -2.29. The van der Waals surface area contributed by atoms with E-state index in [0.717, 1.165) is 30.4 Å². The van der Waals surface area contributed by atoms with Crippen LogP contribution in [0.25, 0.3) is 0 Å². The van der Waals surface area contributed by atoms with Crippen LogP contribution in [0.5, 0.6) is 11.5 Å². The van der Waals surface area contributed by atoms with Gasteiger partial charge in [-0.1, -0.05) is 12.5 Å². The maximum Gasteiger partial charge on any atom is 0.161 e. The number of methoxy groups -OCH3 is 1. The van der Waals surface area contributed by atoms with Gasteiger partial charge in [-0.05, 0) is 56.8 Å². The van der Waals surface area contributed by atoms with E-state index in [2.05, 4.69) is 25.4 Å². The van der Waals surface area contributed by atoms with Gasteiger partial charge in [-0.15, -0.1) is 0 Å². The zero-order valence-corrected chi connectivity index (χ0v) is 12.2. The average molecular weight is 263 g/mol. The first-order valence-electron chi connectivity index (χ1n) is 7.19. The van der Waals surface area contributed by atoms with E-state index >= 15 is 0 Å². The van der Waals surface area contributed by atoms with Crippen LogP contribution >= 0.6 is 0 Å². The molecule has 2 rings (SSSR count). The van der Waals surface area contributed by atoms with E-state index in [9.17, 15) is 0 Å². The van der Waals surface area contributed by atoms with Gasteiger partial charge < -0.3 is 14.8 Å². The normalized spacial score (nSPS) is 22.5. The molecule has 1 aliphatic carbocycles. The van der Waals surface area contributed by atoms with Crippen molar-refractivity contribution in [2.75, 3.05) is 20.8 Å². The van der Waals surface area contributed by atoms with Crippen molar-refractivity contribution in [1.29, 1.82) is 0 Å².